The van der Waals surface area contributed by atoms with Crippen molar-refractivity contribution in [3.63, 3.8) is 0 Å². The minimum absolute atomic E-state index is 0.114. The minimum Gasteiger partial charge on any atom is -0.390 e. The van der Waals surface area contributed by atoms with Crippen molar-refractivity contribution >= 4 is 40.2 Å². The fraction of sp³-hybridized carbons (Fsp3) is 0.400. The van der Waals surface area contributed by atoms with Gasteiger partial charge in [-0.05, 0) is 13.0 Å². The van der Waals surface area contributed by atoms with E-state index in [1.165, 1.54) is 35.9 Å². The summed E-state index contributed by atoms with van der Waals surface area (Å²) in [7, 11) is -16.8. The number of phosphoric acid groups is 3. The van der Waals surface area contributed by atoms with E-state index in [1.807, 2.05) is 0 Å². The molecule has 6 N–H and O–H groups in total. The van der Waals surface area contributed by atoms with Crippen LogP contribution in [0.3, 0.4) is 0 Å². The third-order valence-corrected chi connectivity index (χ3v) is 9.72. The molecule has 1 saturated heterocycles. The number of phosphoric ester groups is 1. The number of para-hydroxylation sites is 1. The molecule has 3 aromatic rings. The standard InChI is InChI=1S/C20H25N4O16P3/c1-11-21-19-18(20(26)22-11)13(9-36-8-12-4-2-3-5-14(12)24(27)28)7-23(19)17-6-15(25)16(38-17)10-37-42(32,33)40-43(34,35)39-41(29,30)31/h2-5,7,15-17,25H,6,8-10H2,1H3,(H,32,33)(H,34,35)(H,21,22,26)(H2,29,30,31)/t15-,16-,17-/m1/s1. The Balaban J connectivity index is 1.49. The number of nitrogens with zero attached hydrogens (tertiary/aromatic N) is 3. The average molecular weight is 670 g/mol. The van der Waals surface area contributed by atoms with Gasteiger partial charge in [0.25, 0.3) is 11.2 Å². The number of fused-ring (bicyclic) bond motifs is 1. The summed E-state index contributed by atoms with van der Waals surface area (Å²) in [5.74, 6) is 0.243. The van der Waals surface area contributed by atoms with Crippen LogP contribution in [0.25, 0.3) is 11.0 Å². The van der Waals surface area contributed by atoms with Crippen molar-refractivity contribution in [2.45, 2.75) is 45.0 Å². The van der Waals surface area contributed by atoms with Crippen LogP contribution in [-0.2, 0) is 49.5 Å². The van der Waals surface area contributed by atoms with Gasteiger partial charge in [-0.3, -0.25) is 19.4 Å². The first kappa shape index (κ1) is 33.2. The van der Waals surface area contributed by atoms with Gasteiger partial charge in [0.15, 0.2) is 0 Å². The van der Waals surface area contributed by atoms with Crippen molar-refractivity contribution in [1.82, 2.24) is 14.5 Å². The lowest BCUT2D eigenvalue weighted by molar-refractivity contribution is -0.386. The van der Waals surface area contributed by atoms with Crippen LogP contribution < -0.4 is 5.56 Å². The second-order valence-corrected chi connectivity index (χ2v) is 13.5. The number of hydrogen-bond donors (Lipinski definition) is 6. The van der Waals surface area contributed by atoms with Crippen molar-refractivity contribution in [3.8, 4) is 0 Å². The Hall–Kier alpha value is -2.67. The van der Waals surface area contributed by atoms with Gasteiger partial charge in [0, 0.05) is 24.2 Å². The zero-order valence-electron chi connectivity index (χ0n) is 21.9. The smallest absolute Gasteiger partial charge is 0.390 e. The number of rotatable bonds is 13. The fourth-order valence-electron chi connectivity index (χ4n) is 4.26. The number of aryl methyl sites for hydroxylation is 1. The van der Waals surface area contributed by atoms with Crippen molar-refractivity contribution < 1.29 is 65.9 Å². The first-order chi connectivity index (χ1) is 19.9. The van der Waals surface area contributed by atoms with Crippen molar-refractivity contribution in [2.24, 2.45) is 0 Å². The van der Waals surface area contributed by atoms with Gasteiger partial charge < -0.3 is 43.7 Å². The van der Waals surface area contributed by atoms with E-state index in [0.717, 1.165) is 0 Å². The van der Waals surface area contributed by atoms with Gasteiger partial charge in [0.2, 0.25) is 0 Å². The largest absolute Gasteiger partial charge is 0.490 e. The summed E-state index contributed by atoms with van der Waals surface area (Å²) in [5, 5.41) is 21.9. The van der Waals surface area contributed by atoms with Crippen LogP contribution in [0.5, 0.6) is 0 Å². The van der Waals surface area contributed by atoms with Crippen LogP contribution in [0, 0.1) is 17.0 Å². The highest BCUT2D eigenvalue weighted by molar-refractivity contribution is 7.66. The van der Waals surface area contributed by atoms with Gasteiger partial charge >= 0.3 is 23.5 Å². The molecular weight excluding hydrogens is 645 g/mol. The topological polar surface area (TPSA) is 292 Å². The van der Waals surface area contributed by atoms with Crippen LogP contribution in [0.2, 0.25) is 0 Å². The summed E-state index contributed by atoms with van der Waals surface area (Å²) in [6.45, 7) is 0.314. The van der Waals surface area contributed by atoms with E-state index in [-0.39, 0.29) is 42.2 Å². The number of aliphatic hydroxyl groups is 1. The SMILES string of the molecule is Cc1nc2c(c(COCc3ccccc3[N+](=O)[O-])cn2[C@H]2C[C@@H](O)[C@@H](COP(=O)(O)OP(=O)(O)OP(=O)(O)O)O2)c(=O)[nH]1. The normalized spacial score (nSPS) is 22.0. The second kappa shape index (κ2) is 12.7. The maximum absolute atomic E-state index is 12.8. The molecule has 1 fully saturated rings. The fourth-order valence-corrected chi connectivity index (χ4v) is 7.29. The molecule has 236 valence electrons. The highest BCUT2D eigenvalue weighted by atomic mass is 31.3. The van der Waals surface area contributed by atoms with Crippen molar-refractivity contribution in [3.05, 3.63) is 67.9 Å². The number of nitrogens with one attached hydrogen (secondary N) is 1. The van der Waals surface area contributed by atoms with Crippen LogP contribution in [0.15, 0.2) is 35.3 Å². The Morgan fingerprint density at radius 1 is 1.12 bits per heavy atom. The number of nitro benzene ring substituents is 1. The van der Waals surface area contributed by atoms with E-state index in [4.69, 9.17) is 19.3 Å². The molecule has 0 bridgehead atoms. The number of ether oxygens (including phenoxy) is 2. The summed E-state index contributed by atoms with van der Waals surface area (Å²) in [6.07, 6.45) is -2.35. The lowest BCUT2D eigenvalue weighted by Gasteiger charge is -2.19. The molecule has 0 saturated carbocycles. The summed E-state index contributed by atoms with van der Waals surface area (Å²) in [6, 6.07) is 5.97. The second-order valence-electron chi connectivity index (χ2n) is 9.11. The molecule has 20 nitrogen and oxygen atoms in total. The third-order valence-electron chi connectivity index (χ3n) is 5.92. The number of hydrogen-bond acceptors (Lipinski definition) is 13. The molecule has 1 aromatic carbocycles. The Labute approximate surface area is 240 Å². The Kier molecular flexibility index (Phi) is 9.85. The van der Waals surface area contributed by atoms with E-state index in [9.17, 15) is 43.5 Å². The summed E-state index contributed by atoms with van der Waals surface area (Å²) in [4.78, 5) is 66.7. The van der Waals surface area contributed by atoms with Gasteiger partial charge in [-0.25, -0.2) is 18.7 Å². The summed E-state index contributed by atoms with van der Waals surface area (Å²) in [5.41, 5.74) is 0.109. The van der Waals surface area contributed by atoms with E-state index in [0.29, 0.717) is 11.1 Å². The van der Waals surface area contributed by atoms with Crippen LogP contribution in [0.4, 0.5) is 5.69 Å². The molecule has 1 aliphatic heterocycles. The number of benzene rings is 1. The average Bonchev–Trinajstić information content (AvgIpc) is 3.40. The Bertz CT molecular complexity index is 1720. The maximum Gasteiger partial charge on any atom is 0.490 e. The van der Waals surface area contributed by atoms with Crippen molar-refractivity contribution in [1.29, 1.82) is 0 Å². The predicted octanol–water partition coefficient (Wildman–Crippen LogP) is 1.65. The highest BCUT2D eigenvalue weighted by Gasteiger charge is 2.43. The molecule has 0 amide bonds. The number of aromatic amines is 1. The molecule has 23 heteroatoms. The van der Waals surface area contributed by atoms with Gasteiger partial charge in [0.05, 0.1) is 41.8 Å². The third kappa shape index (κ3) is 8.49. The van der Waals surface area contributed by atoms with E-state index < -0.39 is 59.0 Å². The maximum atomic E-state index is 12.8. The number of aromatic nitrogens is 3. The number of nitro groups is 1. The van der Waals surface area contributed by atoms with Gasteiger partial charge in [0.1, 0.15) is 23.8 Å². The lowest BCUT2D eigenvalue weighted by Crippen LogP contribution is -2.26. The number of H-pyrrole nitrogens is 1. The summed E-state index contributed by atoms with van der Waals surface area (Å²) >= 11 is 0. The monoisotopic (exact) mass is 670 g/mol. The van der Waals surface area contributed by atoms with Crippen LogP contribution >= 0.6 is 23.5 Å². The molecule has 5 atom stereocenters. The van der Waals surface area contributed by atoms with E-state index in [1.54, 1.807) is 6.07 Å². The predicted molar refractivity (Wildman–Crippen MR) is 141 cm³/mol. The van der Waals surface area contributed by atoms with E-state index in [2.05, 4.69) is 23.1 Å². The van der Waals surface area contributed by atoms with Crippen LogP contribution in [-0.4, -0.2) is 63.0 Å². The minimum atomic E-state index is -5.74. The molecule has 0 radical (unpaired) electrons. The van der Waals surface area contributed by atoms with Gasteiger partial charge in [-0.2, -0.15) is 8.62 Å². The number of aliphatic hydroxyl groups excluding tert-OH is 1. The van der Waals surface area contributed by atoms with Gasteiger partial charge in [-0.15, -0.1) is 0 Å². The van der Waals surface area contributed by atoms with E-state index >= 15 is 0 Å². The molecule has 43 heavy (non-hydrogen) atoms. The zero-order valence-corrected chi connectivity index (χ0v) is 24.5. The molecule has 0 aliphatic carbocycles. The molecule has 1 aliphatic rings. The van der Waals surface area contributed by atoms with Crippen LogP contribution in [0.1, 0.15) is 29.6 Å². The first-order valence-corrected chi connectivity index (χ1v) is 16.5. The molecular formula is C20H25N4O16P3. The Morgan fingerprint density at radius 2 is 1.79 bits per heavy atom. The molecule has 2 aromatic heterocycles. The zero-order chi connectivity index (χ0) is 31.7. The molecule has 2 unspecified atom stereocenters. The van der Waals surface area contributed by atoms with Gasteiger partial charge in [-0.1, -0.05) is 12.1 Å². The summed E-state index contributed by atoms with van der Waals surface area (Å²) < 4.78 is 59.0. The lowest BCUT2D eigenvalue weighted by atomic mass is 10.2. The van der Waals surface area contributed by atoms with Crippen molar-refractivity contribution in [2.75, 3.05) is 6.61 Å². The molecule has 0 spiro atoms. The molecule has 3 heterocycles. The molecule has 4 rings (SSSR count). The first-order valence-electron chi connectivity index (χ1n) is 12.0. The quantitative estimate of drug-likeness (QED) is 0.0855. The Morgan fingerprint density at radius 3 is 2.47 bits per heavy atom. The highest BCUT2D eigenvalue weighted by Crippen LogP contribution is 2.66.